The van der Waals surface area contributed by atoms with Gasteiger partial charge in [-0.3, -0.25) is 4.79 Å². The molecule has 7 nitrogen and oxygen atoms in total. The van der Waals surface area contributed by atoms with E-state index >= 15 is 0 Å². The van der Waals surface area contributed by atoms with E-state index in [1.165, 1.54) is 12.0 Å². The summed E-state index contributed by atoms with van der Waals surface area (Å²) in [7, 11) is 4.64. The summed E-state index contributed by atoms with van der Waals surface area (Å²) in [4.78, 5) is 28.4. The minimum absolute atomic E-state index is 0.0119. The van der Waals surface area contributed by atoms with Crippen LogP contribution in [-0.4, -0.2) is 47.5 Å². The third-order valence-electron chi connectivity index (χ3n) is 2.62. The van der Waals surface area contributed by atoms with Crippen molar-refractivity contribution in [2.75, 3.05) is 26.9 Å². The predicted molar refractivity (Wildman–Crippen MR) is 66.0 cm³/mol. The number of amides is 1. The Morgan fingerprint density at radius 3 is 2.56 bits per heavy atom. The molecule has 0 aliphatic heterocycles. The highest BCUT2D eigenvalue weighted by Crippen LogP contribution is 2.15. The van der Waals surface area contributed by atoms with Crippen molar-refractivity contribution < 1.29 is 14.3 Å². The molecule has 1 aromatic rings. The van der Waals surface area contributed by atoms with Crippen molar-refractivity contribution >= 4 is 17.7 Å². The van der Waals surface area contributed by atoms with E-state index in [9.17, 15) is 9.59 Å². The van der Waals surface area contributed by atoms with Gasteiger partial charge in [-0.15, -0.1) is 0 Å². The minimum Gasteiger partial charge on any atom is -0.464 e. The third-order valence-corrected chi connectivity index (χ3v) is 2.62. The molecule has 0 spiro atoms. The fourth-order valence-corrected chi connectivity index (χ4v) is 1.54. The molecule has 0 bridgehead atoms. The first kappa shape index (κ1) is 14.0. The number of nitrogen functional groups attached to an aromatic ring is 1. The van der Waals surface area contributed by atoms with Gasteiger partial charge in [-0.25, -0.2) is 9.78 Å². The van der Waals surface area contributed by atoms with Gasteiger partial charge in [0.15, 0.2) is 5.69 Å². The van der Waals surface area contributed by atoms with Crippen molar-refractivity contribution in [2.45, 2.75) is 19.9 Å². The molecule has 0 aliphatic rings. The average molecular weight is 254 g/mol. The van der Waals surface area contributed by atoms with Gasteiger partial charge >= 0.3 is 5.97 Å². The van der Waals surface area contributed by atoms with Crippen LogP contribution in [0.1, 0.15) is 22.7 Å². The molecule has 1 amide bonds. The first-order valence-corrected chi connectivity index (χ1v) is 5.49. The largest absolute Gasteiger partial charge is 0.464 e. The molecule has 0 atom stereocenters. The van der Waals surface area contributed by atoms with Crippen molar-refractivity contribution in [3.63, 3.8) is 0 Å². The van der Waals surface area contributed by atoms with Gasteiger partial charge in [-0.1, -0.05) is 0 Å². The monoisotopic (exact) mass is 254 g/mol. The van der Waals surface area contributed by atoms with Gasteiger partial charge < -0.3 is 19.9 Å². The Morgan fingerprint density at radius 1 is 1.44 bits per heavy atom. The summed E-state index contributed by atoms with van der Waals surface area (Å²) in [6, 6.07) is 0. The number of hydrogen-bond donors (Lipinski definition) is 1. The second-order valence-corrected chi connectivity index (χ2v) is 4.07. The molecule has 0 saturated heterocycles. The quantitative estimate of drug-likeness (QED) is 0.766. The Bertz CT molecular complexity index is 465. The highest BCUT2D eigenvalue weighted by atomic mass is 16.5. The Hall–Kier alpha value is -2.05. The van der Waals surface area contributed by atoms with E-state index in [4.69, 9.17) is 5.73 Å². The Morgan fingerprint density at radius 2 is 2.06 bits per heavy atom. The summed E-state index contributed by atoms with van der Waals surface area (Å²) in [6.07, 6.45) is 0.301. The zero-order chi connectivity index (χ0) is 13.9. The number of aryl methyl sites for hydroxylation is 1. The Balaban J connectivity index is 2.87. The van der Waals surface area contributed by atoms with Crippen LogP contribution in [0.25, 0.3) is 0 Å². The van der Waals surface area contributed by atoms with Gasteiger partial charge in [0.1, 0.15) is 11.6 Å². The number of nitrogens with zero attached hydrogens (tertiary/aromatic N) is 3. The lowest BCUT2D eigenvalue weighted by Crippen LogP contribution is -2.23. The number of ether oxygens (including phenoxy) is 1. The molecule has 0 radical (unpaired) electrons. The van der Waals surface area contributed by atoms with E-state index < -0.39 is 5.97 Å². The van der Waals surface area contributed by atoms with Gasteiger partial charge in [0.25, 0.3) is 0 Å². The van der Waals surface area contributed by atoms with Crippen LogP contribution in [-0.2, 0) is 16.1 Å². The molecule has 18 heavy (non-hydrogen) atoms. The van der Waals surface area contributed by atoms with Crippen molar-refractivity contribution in [3.8, 4) is 0 Å². The number of imidazole rings is 1. The van der Waals surface area contributed by atoms with E-state index in [0.29, 0.717) is 18.8 Å². The molecule has 0 aromatic carbocycles. The molecular formula is C11H18N4O3. The van der Waals surface area contributed by atoms with Crippen molar-refractivity contribution in [1.82, 2.24) is 14.5 Å². The standard InChI is InChI=1S/C11H18N4O3/c1-7-13-9(11(17)18-4)10(12)15(7)6-5-8(16)14(2)3/h5-6,12H2,1-4H3. The molecule has 0 fully saturated rings. The highest BCUT2D eigenvalue weighted by molar-refractivity contribution is 5.92. The van der Waals surface area contributed by atoms with Crippen LogP contribution < -0.4 is 5.73 Å². The number of nitrogens with two attached hydrogens (primary N) is 1. The lowest BCUT2D eigenvalue weighted by molar-refractivity contribution is -0.128. The zero-order valence-electron chi connectivity index (χ0n) is 11.1. The zero-order valence-corrected chi connectivity index (χ0v) is 11.1. The normalized spacial score (nSPS) is 10.2. The Labute approximate surface area is 106 Å². The van der Waals surface area contributed by atoms with Gasteiger partial charge in [0.05, 0.1) is 7.11 Å². The topological polar surface area (TPSA) is 90.4 Å². The fraction of sp³-hybridized carbons (Fsp3) is 0.545. The average Bonchev–Trinajstić information content (AvgIpc) is 2.61. The highest BCUT2D eigenvalue weighted by Gasteiger charge is 2.19. The summed E-state index contributed by atoms with van der Waals surface area (Å²) in [6.45, 7) is 2.11. The summed E-state index contributed by atoms with van der Waals surface area (Å²) >= 11 is 0. The van der Waals surface area contributed by atoms with Crippen LogP contribution in [0, 0.1) is 6.92 Å². The van der Waals surface area contributed by atoms with Crippen LogP contribution in [0.3, 0.4) is 0 Å². The number of methoxy groups -OCH3 is 1. The Kier molecular flexibility index (Phi) is 4.30. The number of carbonyl (C=O) groups is 2. The van der Waals surface area contributed by atoms with Gasteiger partial charge in [-0.05, 0) is 6.92 Å². The van der Waals surface area contributed by atoms with Crippen molar-refractivity contribution in [1.29, 1.82) is 0 Å². The number of rotatable bonds is 4. The van der Waals surface area contributed by atoms with Crippen LogP contribution in [0.15, 0.2) is 0 Å². The van der Waals surface area contributed by atoms with Crippen LogP contribution >= 0.6 is 0 Å². The molecule has 2 N–H and O–H groups in total. The van der Waals surface area contributed by atoms with Crippen molar-refractivity contribution in [3.05, 3.63) is 11.5 Å². The van der Waals surface area contributed by atoms with E-state index in [0.717, 1.165) is 0 Å². The maximum atomic E-state index is 11.5. The number of hydrogen-bond acceptors (Lipinski definition) is 5. The van der Waals surface area contributed by atoms with Gasteiger partial charge in [0, 0.05) is 27.1 Å². The maximum Gasteiger partial charge on any atom is 0.360 e. The SMILES string of the molecule is COC(=O)c1nc(C)n(CCC(=O)N(C)C)c1N. The second-order valence-electron chi connectivity index (χ2n) is 4.07. The molecule has 1 aromatic heterocycles. The van der Waals surface area contributed by atoms with Crippen LogP contribution in [0.4, 0.5) is 5.82 Å². The number of esters is 1. The van der Waals surface area contributed by atoms with Crippen molar-refractivity contribution in [2.24, 2.45) is 0 Å². The molecule has 1 rings (SSSR count). The van der Waals surface area contributed by atoms with Crippen LogP contribution in [0.2, 0.25) is 0 Å². The summed E-state index contributed by atoms with van der Waals surface area (Å²) in [5.41, 5.74) is 5.91. The maximum absolute atomic E-state index is 11.5. The third kappa shape index (κ3) is 2.79. The van der Waals surface area contributed by atoms with E-state index in [1.54, 1.807) is 25.6 Å². The summed E-state index contributed by atoms with van der Waals surface area (Å²) in [5.74, 6) is 0.223. The molecular weight excluding hydrogens is 236 g/mol. The lowest BCUT2D eigenvalue weighted by Gasteiger charge is -2.11. The molecule has 0 aliphatic carbocycles. The molecule has 1 heterocycles. The molecule has 7 heteroatoms. The fourth-order valence-electron chi connectivity index (χ4n) is 1.54. The lowest BCUT2D eigenvalue weighted by atomic mass is 10.3. The van der Waals surface area contributed by atoms with Gasteiger partial charge in [-0.2, -0.15) is 0 Å². The van der Waals surface area contributed by atoms with E-state index in [2.05, 4.69) is 9.72 Å². The number of anilines is 1. The first-order valence-electron chi connectivity index (χ1n) is 5.49. The van der Waals surface area contributed by atoms with Gasteiger partial charge in [0.2, 0.25) is 5.91 Å². The van der Waals surface area contributed by atoms with E-state index in [1.807, 2.05) is 0 Å². The van der Waals surface area contributed by atoms with E-state index in [-0.39, 0.29) is 17.4 Å². The smallest absolute Gasteiger partial charge is 0.360 e. The summed E-state index contributed by atoms with van der Waals surface area (Å²) in [5, 5.41) is 0. The molecule has 0 unspecified atom stereocenters. The second kappa shape index (κ2) is 5.52. The summed E-state index contributed by atoms with van der Waals surface area (Å²) < 4.78 is 6.21. The predicted octanol–water partition coefficient (Wildman–Crippen LogP) is 0.0386. The number of carbonyl (C=O) groups excluding carboxylic acids is 2. The van der Waals surface area contributed by atoms with Crippen LogP contribution in [0.5, 0.6) is 0 Å². The first-order chi connectivity index (χ1) is 8.38. The molecule has 100 valence electrons. The number of aromatic nitrogens is 2. The molecule has 0 saturated carbocycles. The minimum atomic E-state index is -0.576.